The number of benzene rings is 3. The molecule has 69 heavy (non-hydrogen) atoms. The summed E-state index contributed by atoms with van der Waals surface area (Å²) in [6.45, 7) is 4.28. The number of likely N-dealkylation sites (tertiary alicyclic amines) is 1. The van der Waals surface area contributed by atoms with E-state index in [9.17, 15) is 14.4 Å². The number of nitrogens with zero attached hydrogens (tertiary/aromatic N) is 5. The van der Waals surface area contributed by atoms with Gasteiger partial charge in [-0.15, -0.1) is 11.3 Å². The molecule has 0 unspecified atom stereocenters. The predicted molar refractivity (Wildman–Crippen MR) is 268 cm³/mol. The summed E-state index contributed by atoms with van der Waals surface area (Å²) in [4.78, 5) is 62.5. The van der Waals surface area contributed by atoms with E-state index < -0.39 is 40.3 Å². The highest BCUT2D eigenvalue weighted by Crippen LogP contribution is 2.53. The molecule has 4 aliphatic rings. The molecule has 17 heteroatoms. The molecule has 3 aromatic carbocycles. The van der Waals surface area contributed by atoms with Gasteiger partial charge in [0.15, 0.2) is 0 Å². The molecule has 0 bridgehead atoms. The standard InChI is InChI=1S/C52H56FN9O5S2/c1-28(2)46(59-52(65)66-3)50(64)60-19-9-12-38(60)47-55-25-36(58-47)32-21-34(53)44-39-22-33-20-31(15-16-37(33)62(39)51(67-41(44)23-32)43-18-17-42(68-43)29-13-14-29)35-24-56-48(57-35)40-26-69(4,5)27-61(40)49(63)45(54)30-10-7-6-8-11-30/h6-8,10-11,15-18,20-25,28-29,38,40,45-46,51H,9,12-14,19,26-27,54H2,1-5H3,(H,55,58)(H,56,57)(H,59,65)/t38-,40-,45+,46-,51-/m0/s1. The van der Waals surface area contributed by atoms with E-state index in [1.807, 2.05) is 67.4 Å². The van der Waals surface area contributed by atoms with Gasteiger partial charge in [-0.3, -0.25) is 14.2 Å². The number of aromatic nitrogens is 5. The lowest BCUT2D eigenvalue weighted by Crippen LogP contribution is -2.51. The van der Waals surface area contributed by atoms with Crippen LogP contribution in [0.5, 0.6) is 5.75 Å². The number of aromatic amines is 2. The summed E-state index contributed by atoms with van der Waals surface area (Å²) in [6, 6.07) is 23.3. The number of H-pyrrole nitrogens is 2. The lowest BCUT2D eigenvalue weighted by Gasteiger charge is -2.30. The van der Waals surface area contributed by atoms with Crippen molar-refractivity contribution >= 4 is 50.2 Å². The van der Waals surface area contributed by atoms with Crippen molar-refractivity contribution in [2.75, 3.05) is 37.8 Å². The van der Waals surface area contributed by atoms with Gasteiger partial charge in [0.25, 0.3) is 0 Å². The summed E-state index contributed by atoms with van der Waals surface area (Å²) in [7, 11) is 0.158. The smallest absolute Gasteiger partial charge is 0.407 e. The quantitative estimate of drug-likeness (QED) is 0.0991. The van der Waals surface area contributed by atoms with Crippen LogP contribution in [-0.2, 0) is 14.3 Å². The Morgan fingerprint density at radius 2 is 1.61 bits per heavy atom. The number of nitrogens with one attached hydrogen (secondary N) is 3. The first kappa shape index (κ1) is 45.0. The number of nitrogens with two attached hydrogens (primary N) is 1. The number of thiophene rings is 1. The van der Waals surface area contributed by atoms with Gasteiger partial charge in [-0.25, -0.2) is 29.2 Å². The normalized spacial score (nSPS) is 20.9. The largest absolute Gasteiger partial charge is 0.464 e. The number of hydrogen-bond acceptors (Lipinski definition) is 9. The molecular formula is C52H56FN9O5S2. The number of carbonyl (C=O) groups is 3. The molecule has 11 rings (SSSR count). The van der Waals surface area contributed by atoms with Crippen molar-refractivity contribution in [2.45, 2.75) is 75.8 Å². The van der Waals surface area contributed by atoms with E-state index in [0.29, 0.717) is 58.8 Å². The first-order valence-electron chi connectivity index (χ1n) is 23.6. The first-order chi connectivity index (χ1) is 33.2. The average Bonchev–Trinajstić information content (AvgIpc) is 4.02. The van der Waals surface area contributed by atoms with Crippen molar-refractivity contribution in [1.82, 2.24) is 39.6 Å². The molecule has 5 N–H and O–H groups in total. The van der Waals surface area contributed by atoms with Gasteiger partial charge in [0.05, 0.1) is 70.5 Å². The zero-order chi connectivity index (χ0) is 47.9. The van der Waals surface area contributed by atoms with Crippen molar-refractivity contribution in [2.24, 2.45) is 11.7 Å². The molecule has 14 nitrogen and oxygen atoms in total. The van der Waals surface area contributed by atoms with E-state index in [-0.39, 0.29) is 29.8 Å². The zero-order valence-electron chi connectivity index (χ0n) is 39.2. The van der Waals surface area contributed by atoms with Crippen LogP contribution in [0.4, 0.5) is 9.18 Å². The predicted octanol–water partition coefficient (Wildman–Crippen LogP) is 9.75. The lowest BCUT2D eigenvalue weighted by atomic mass is 10.0. The van der Waals surface area contributed by atoms with Crippen molar-refractivity contribution in [3.8, 4) is 39.5 Å². The maximum atomic E-state index is 17.0. The molecule has 0 radical (unpaired) electrons. The number of methoxy groups -OCH3 is 1. The van der Waals surface area contributed by atoms with E-state index in [2.05, 4.69) is 62.7 Å². The van der Waals surface area contributed by atoms with Crippen LogP contribution in [-0.4, -0.2) is 96.0 Å². The van der Waals surface area contributed by atoms with E-state index in [4.69, 9.17) is 25.2 Å². The maximum Gasteiger partial charge on any atom is 0.407 e. The van der Waals surface area contributed by atoms with Gasteiger partial charge >= 0.3 is 6.09 Å². The fourth-order valence-electron chi connectivity index (χ4n) is 10.3. The van der Waals surface area contributed by atoms with Crippen molar-refractivity contribution in [1.29, 1.82) is 0 Å². The second kappa shape index (κ2) is 17.5. The maximum absolute atomic E-state index is 17.0. The average molecular weight is 970 g/mol. The van der Waals surface area contributed by atoms with Crippen LogP contribution in [0.25, 0.3) is 44.7 Å². The molecular weight excluding hydrogens is 914 g/mol. The molecule has 5 atom stereocenters. The molecule has 2 saturated heterocycles. The van der Waals surface area contributed by atoms with E-state index in [0.717, 1.165) is 50.6 Å². The first-order valence-corrected chi connectivity index (χ1v) is 27.2. The number of fused-ring (bicyclic) bond motifs is 5. The van der Waals surface area contributed by atoms with Crippen LogP contribution in [0.1, 0.15) is 96.8 Å². The van der Waals surface area contributed by atoms with Gasteiger partial charge in [0.1, 0.15) is 35.3 Å². The third-order valence-corrected chi connectivity index (χ3v) is 17.5. The topological polar surface area (TPSA) is 176 Å². The van der Waals surface area contributed by atoms with E-state index in [1.165, 1.54) is 30.9 Å². The molecule has 7 aromatic rings. The third-order valence-electron chi connectivity index (χ3n) is 14.0. The van der Waals surface area contributed by atoms with E-state index >= 15 is 4.39 Å². The van der Waals surface area contributed by atoms with Crippen LogP contribution in [0.2, 0.25) is 0 Å². The summed E-state index contributed by atoms with van der Waals surface area (Å²) in [5.41, 5.74) is 12.2. The molecule has 3 amide bonds. The highest BCUT2D eigenvalue weighted by Gasteiger charge is 2.42. The highest BCUT2D eigenvalue weighted by atomic mass is 32.3. The van der Waals surface area contributed by atoms with Crippen LogP contribution < -0.4 is 15.8 Å². The van der Waals surface area contributed by atoms with E-state index in [1.54, 1.807) is 22.4 Å². The summed E-state index contributed by atoms with van der Waals surface area (Å²) in [5.74, 6) is 2.83. The minimum atomic E-state index is -1.12. The third kappa shape index (κ3) is 8.27. The SMILES string of the molecule is COC(=O)N[C@H](C(=O)N1CCC[C@H]1c1ncc(-c2cc(F)c3c(c2)O[C@@H](c2ccc(C4CC4)s2)n2c-3cc3cc(-c4cnc([C@@H]5CS(C)(C)CN5C(=O)[C@H](N)c5ccccc5)[nH]4)ccc32)[nH]1)C(C)C. The molecule has 3 aliphatic heterocycles. The second-order valence-electron chi connectivity index (χ2n) is 19.7. The minimum Gasteiger partial charge on any atom is -0.464 e. The Balaban J connectivity index is 0.915. The van der Waals surface area contributed by atoms with Crippen molar-refractivity contribution < 1.29 is 28.2 Å². The molecule has 7 heterocycles. The number of alkyl carbamates (subject to hydrolysis) is 1. The lowest BCUT2D eigenvalue weighted by molar-refractivity contribution is -0.135. The van der Waals surface area contributed by atoms with Gasteiger partial charge in [-0.05, 0) is 98.1 Å². The van der Waals surface area contributed by atoms with Gasteiger partial charge in [0.2, 0.25) is 18.0 Å². The Morgan fingerprint density at radius 1 is 0.884 bits per heavy atom. The Labute approximate surface area is 405 Å². The van der Waals surface area contributed by atoms with Gasteiger partial charge in [-0.1, -0.05) is 50.2 Å². The Hall–Kier alpha value is -6.43. The minimum absolute atomic E-state index is 0.111. The summed E-state index contributed by atoms with van der Waals surface area (Å²) < 4.78 is 30.8. The van der Waals surface area contributed by atoms with Crippen LogP contribution >= 0.6 is 21.4 Å². The number of amides is 3. The van der Waals surface area contributed by atoms with Gasteiger partial charge in [-0.2, -0.15) is 0 Å². The number of rotatable bonds is 11. The van der Waals surface area contributed by atoms with Crippen LogP contribution in [0, 0.1) is 11.7 Å². The van der Waals surface area contributed by atoms with Crippen molar-refractivity contribution in [3.05, 3.63) is 124 Å². The van der Waals surface area contributed by atoms with Gasteiger partial charge in [0, 0.05) is 33.7 Å². The second-order valence-corrected chi connectivity index (χ2v) is 24.9. The molecule has 3 fully saturated rings. The number of halogens is 1. The monoisotopic (exact) mass is 969 g/mol. The molecule has 1 aliphatic carbocycles. The number of imidazole rings is 2. The Bertz CT molecular complexity index is 3120. The molecule has 4 aromatic heterocycles. The highest BCUT2D eigenvalue weighted by molar-refractivity contribution is 8.32. The summed E-state index contributed by atoms with van der Waals surface area (Å²) >= 11 is 1.74. The number of ether oxygens (including phenoxy) is 2. The fraction of sp³-hybridized carbons (Fsp3) is 0.365. The van der Waals surface area contributed by atoms with Crippen LogP contribution in [0.3, 0.4) is 0 Å². The fourth-order valence-corrected chi connectivity index (χ4v) is 13.9. The Kier molecular flexibility index (Phi) is 11.4. The Morgan fingerprint density at radius 3 is 2.33 bits per heavy atom. The summed E-state index contributed by atoms with van der Waals surface area (Å²) in [6.07, 6.45) is 10.6. The molecule has 0 spiro atoms. The number of carbonyl (C=O) groups excluding carboxylic acids is 3. The van der Waals surface area contributed by atoms with Gasteiger partial charge < -0.3 is 40.3 Å². The zero-order valence-corrected chi connectivity index (χ0v) is 40.8. The molecule has 358 valence electrons. The van der Waals surface area contributed by atoms with Crippen molar-refractivity contribution in [3.63, 3.8) is 0 Å². The summed E-state index contributed by atoms with van der Waals surface area (Å²) in [5, 5.41) is 3.61. The van der Waals surface area contributed by atoms with Crippen LogP contribution in [0.15, 0.2) is 91.3 Å². The molecule has 1 saturated carbocycles. The number of hydrogen-bond donors (Lipinski definition) is 4.